The number of nitrogens with zero attached hydrogens (tertiary/aromatic N) is 2. The van der Waals surface area contributed by atoms with E-state index in [9.17, 15) is 0 Å². The monoisotopic (exact) mass is 345 g/mol. The maximum atomic E-state index is 9.10. The highest BCUT2D eigenvalue weighted by Gasteiger charge is 2.16. The molecule has 1 unspecified atom stereocenters. The first-order valence-electron chi connectivity index (χ1n) is 8.89. The molecule has 1 aliphatic heterocycles. The second-order valence-electron chi connectivity index (χ2n) is 6.42. The summed E-state index contributed by atoms with van der Waals surface area (Å²) in [5.41, 5.74) is 4.30. The van der Waals surface area contributed by atoms with Crippen LogP contribution >= 0.6 is 0 Å². The van der Waals surface area contributed by atoms with Crippen LogP contribution in [0.1, 0.15) is 29.8 Å². The maximum Gasteiger partial charge on any atom is 0.119 e. The molecule has 0 spiro atoms. The summed E-state index contributed by atoms with van der Waals surface area (Å²) < 4.78 is 13.2. The van der Waals surface area contributed by atoms with Crippen molar-refractivity contribution in [3.8, 4) is 5.75 Å². The van der Waals surface area contributed by atoms with Crippen molar-refractivity contribution >= 4 is 5.69 Å². The van der Waals surface area contributed by atoms with Gasteiger partial charge in [-0.3, -0.25) is 4.68 Å². The molecule has 3 rings (SSSR count). The molecule has 6 heteroatoms. The standard InChI is InChI=1S/C19H27N3O3/c1-14-19(15(2)22(21-14)9-10-23)12-20-16-5-7-17(8-6-16)25-13-18-4-3-11-24-18/h5-8,18,20,23H,3-4,9-13H2,1-2H3. The number of aromatic nitrogens is 2. The fourth-order valence-corrected chi connectivity index (χ4v) is 3.13. The number of hydrogen-bond acceptors (Lipinski definition) is 5. The second-order valence-corrected chi connectivity index (χ2v) is 6.42. The van der Waals surface area contributed by atoms with E-state index >= 15 is 0 Å². The summed E-state index contributed by atoms with van der Waals surface area (Å²) in [4.78, 5) is 0. The van der Waals surface area contributed by atoms with Crippen LogP contribution in [0.25, 0.3) is 0 Å². The van der Waals surface area contributed by atoms with E-state index in [1.54, 1.807) is 0 Å². The molecule has 1 atom stereocenters. The highest BCUT2D eigenvalue weighted by atomic mass is 16.5. The lowest BCUT2D eigenvalue weighted by Gasteiger charge is -2.12. The van der Waals surface area contributed by atoms with Gasteiger partial charge in [-0.25, -0.2) is 0 Å². The van der Waals surface area contributed by atoms with Crippen LogP contribution in [0.15, 0.2) is 24.3 Å². The molecule has 6 nitrogen and oxygen atoms in total. The lowest BCUT2D eigenvalue weighted by atomic mass is 10.2. The van der Waals surface area contributed by atoms with Crippen LogP contribution in [-0.4, -0.2) is 40.8 Å². The average Bonchev–Trinajstić information content (AvgIpc) is 3.22. The Morgan fingerprint density at radius 2 is 2.12 bits per heavy atom. The molecule has 0 saturated carbocycles. The zero-order valence-electron chi connectivity index (χ0n) is 15.0. The third kappa shape index (κ3) is 4.52. The van der Waals surface area contributed by atoms with E-state index in [1.165, 1.54) is 5.56 Å². The lowest BCUT2D eigenvalue weighted by Crippen LogP contribution is -2.16. The Labute approximate surface area is 148 Å². The van der Waals surface area contributed by atoms with E-state index in [0.29, 0.717) is 19.7 Å². The molecule has 1 saturated heterocycles. The molecule has 1 aromatic heterocycles. The second kappa shape index (κ2) is 8.36. The summed E-state index contributed by atoms with van der Waals surface area (Å²) in [5.74, 6) is 0.865. The average molecular weight is 345 g/mol. The minimum absolute atomic E-state index is 0.0994. The molecule has 25 heavy (non-hydrogen) atoms. The van der Waals surface area contributed by atoms with Gasteiger partial charge >= 0.3 is 0 Å². The first-order chi connectivity index (χ1) is 12.2. The highest BCUT2D eigenvalue weighted by Crippen LogP contribution is 2.20. The van der Waals surface area contributed by atoms with Crippen LogP contribution in [0.5, 0.6) is 5.75 Å². The summed E-state index contributed by atoms with van der Waals surface area (Å²) in [6, 6.07) is 8.00. The number of rotatable bonds is 8. The van der Waals surface area contributed by atoms with E-state index < -0.39 is 0 Å². The zero-order valence-corrected chi connectivity index (χ0v) is 15.0. The fraction of sp³-hybridized carbons (Fsp3) is 0.526. The number of hydrogen-bond donors (Lipinski definition) is 2. The van der Waals surface area contributed by atoms with Gasteiger partial charge in [0.15, 0.2) is 0 Å². The summed E-state index contributed by atoms with van der Waals surface area (Å²) in [7, 11) is 0. The molecule has 2 N–H and O–H groups in total. The van der Waals surface area contributed by atoms with E-state index in [2.05, 4.69) is 10.4 Å². The first-order valence-corrected chi connectivity index (χ1v) is 8.89. The van der Waals surface area contributed by atoms with Gasteiger partial charge in [-0.15, -0.1) is 0 Å². The Morgan fingerprint density at radius 1 is 1.32 bits per heavy atom. The van der Waals surface area contributed by atoms with Crippen molar-refractivity contribution in [2.24, 2.45) is 0 Å². The third-order valence-electron chi connectivity index (χ3n) is 4.63. The van der Waals surface area contributed by atoms with Crippen molar-refractivity contribution in [1.82, 2.24) is 9.78 Å². The smallest absolute Gasteiger partial charge is 0.119 e. The van der Waals surface area contributed by atoms with Gasteiger partial charge in [0, 0.05) is 30.1 Å². The van der Waals surface area contributed by atoms with Crippen LogP contribution in [-0.2, 0) is 17.8 Å². The molecule has 0 radical (unpaired) electrons. The van der Waals surface area contributed by atoms with E-state index in [0.717, 1.165) is 42.3 Å². The minimum atomic E-state index is 0.0994. The van der Waals surface area contributed by atoms with Gasteiger partial charge in [-0.05, 0) is 51.0 Å². The molecule has 136 valence electrons. The Hall–Kier alpha value is -2.05. The van der Waals surface area contributed by atoms with Crippen molar-refractivity contribution in [3.05, 3.63) is 41.2 Å². The molecule has 2 heterocycles. The SMILES string of the molecule is Cc1nn(CCO)c(C)c1CNc1ccc(OCC2CCCO2)cc1. The van der Waals surface area contributed by atoms with Crippen molar-refractivity contribution in [2.45, 2.75) is 45.9 Å². The third-order valence-corrected chi connectivity index (χ3v) is 4.63. The van der Waals surface area contributed by atoms with Gasteiger partial charge in [0.1, 0.15) is 12.4 Å². The Morgan fingerprint density at radius 3 is 2.80 bits per heavy atom. The fourth-order valence-electron chi connectivity index (χ4n) is 3.13. The normalized spacial score (nSPS) is 17.0. The van der Waals surface area contributed by atoms with Gasteiger partial charge in [0.25, 0.3) is 0 Å². The van der Waals surface area contributed by atoms with Crippen LogP contribution in [0.4, 0.5) is 5.69 Å². The summed E-state index contributed by atoms with van der Waals surface area (Å²) in [6.07, 6.45) is 2.45. The van der Waals surface area contributed by atoms with Crippen molar-refractivity contribution in [2.75, 3.05) is 25.1 Å². The van der Waals surface area contributed by atoms with Gasteiger partial charge in [0.2, 0.25) is 0 Å². The van der Waals surface area contributed by atoms with Crippen molar-refractivity contribution < 1.29 is 14.6 Å². The largest absolute Gasteiger partial charge is 0.491 e. The molecule has 0 bridgehead atoms. The predicted molar refractivity (Wildman–Crippen MR) is 97.0 cm³/mol. The first kappa shape index (κ1) is 17.8. The van der Waals surface area contributed by atoms with Crippen LogP contribution in [0.2, 0.25) is 0 Å². The number of aryl methyl sites for hydroxylation is 1. The summed E-state index contributed by atoms with van der Waals surface area (Å²) in [6.45, 7) is 6.85. The van der Waals surface area contributed by atoms with Crippen LogP contribution in [0, 0.1) is 13.8 Å². The number of aliphatic hydroxyl groups excluding tert-OH is 1. The molecule has 0 amide bonds. The van der Waals surface area contributed by atoms with Crippen molar-refractivity contribution in [1.29, 1.82) is 0 Å². The molecule has 2 aromatic rings. The molecule has 1 fully saturated rings. The summed E-state index contributed by atoms with van der Waals surface area (Å²) in [5, 5.41) is 17.0. The lowest BCUT2D eigenvalue weighted by molar-refractivity contribution is 0.0679. The van der Waals surface area contributed by atoms with Gasteiger partial charge in [-0.1, -0.05) is 0 Å². The highest BCUT2D eigenvalue weighted by molar-refractivity contribution is 5.47. The Kier molecular flexibility index (Phi) is 5.94. The number of ether oxygens (including phenoxy) is 2. The van der Waals surface area contributed by atoms with E-state index in [4.69, 9.17) is 14.6 Å². The maximum absolute atomic E-state index is 9.10. The minimum Gasteiger partial charge on any atom is -0.491 e. The van der Waals surface area contributed by atoms with Crippen molar-refractivity contribution in [3.63, 3.8) is 0 Å². The zero-order chi connectivity index (χ0) is 17.6. The Balaban J connectivity index is 1.53. The summed E-state index contributed by atoms with van der Waals surface area (Å²) >= 11 is 0. The van der Waals surface area contributed by atoms with Gasteiger partial charge in [-0.2, -0.15) is 5.10 Å². The van der Waals surface area contributed by atoms with E-state index in [1.807, 2.05) is 42.8 Å². The van der Waals surface area contributed by atoms with Gasteiger partial charge < -0.3 is 19.9 Å². The number of aliphatic hydroxyl groups is 1. The number of benzene rings is 1. The molecule has 1 aromatic carbocycles. The molecule has 0 aliphatic carbocycles. The predicted octanol–water partition coefficient (Wildman–Crippen LogP) is 2.66. The van der Waals surface area contributed by atoms with Crippen LogP contribution < -0.4 is 10.1 Å². The van der Waals surface area contributed by atoms with Gasteiger partial charge in [0.05, 0.1) is 24.9 Å². The topological polar surface area (TPSA) is 68.5 Å². The molecular formula is C19H27N3O3. The number of nitrogens with one attached hydrogen (secondary N) is 1. The quantitative estimate of drug-likeness (QED) is 0.770. The number of anilines is 1. The molecular weight excluding hydrogens is 318 g/mol. The Bertz CT molecular complexity index is 676. The van der Waals surface area contributed by atoms with Crippen LogP contribution in [0.3, 0.4) is 0 Å². The van der Waals surface area contributed by atoms with E-state index in [-0.39, 0.29) is 12.7 Å². The molecule has 1 aliphatic rings.